The zero-order valence-electron chi connectivity index (χ0n) is 14.7. The van der Waals surface area contributed by atoms with E-state index in [9.17, 15) is 4.79 Å². The molecule has 1 fully saturated rings. The molecule has 1 aromatic heterocycles. The number of anilines is 1. The summed E-state index contributed by atoms with van der Waals surface area (Å²) in [5.74, 6) is -0.108. The Morgan fingerprint density at radius 1 is 1.04 bits per heavy atom. The number of aromatic nitrogens is 2. The molecule has 26 heavy (non-hydrogen) atoms. The zero-order chi connectivity index (χ0) is 17.8. The van der Waals surface area contributed by atoms with Crippen molar-refractivity contribution in [2.24, 2.45) is 0 Å². The van der Waals surface area contributed by atoms with E-state index in [1.54, 1.807) is 6.20 Å². The molecular formula is C21H22N4O. The second kappa shape index (κ2) is 7.62. The Balaban J connectivity index is 1.42. The highest BCUT2D eigenvalue weighted by Gasteiger charge is 2.11. The van der Waals surface area contributed by atoms with E-state index >= 15 is 0 Å². The van der Waals surface area contributed by atoms with Crippen LogP contribution in [0.5, 0.6) is 0 Å². The minimum absolute atomic E-state index is 0.108. The van der Waals surface area contributed by atoms with E-state index in [2.05, 4.69) is 32.3 Å². The Kier molecular flexibility index (Phi) is 4.88. The molecule has 5 nitrogen and oxygen atoms in total. The van der Waals surface area contributed by atoms with Gasteiger partial charge in [0.1, 0.15) is 6.33 Å². The van der Waals surface area contributed by atoms with Crippen LogP contribution in [-0.2, 0) is 6.54 Å². The van der Waals surface area contributed by atoms with Gasteiger partial charge in [0.05, 0.1) is 5.52 Å². The monoisotopic (exact) mass is 346 g/mol. The molecule has 1 aliphatic heterocycles. The van der Waals surface area contributed by atoms with Crippen molar-refractivity contribution < 1.29 is 4.79 Å². The van der Waals surface area contributed by atoms with Crippen LogP contribution in [0.2, 0.25) is 0 Å². The molecule has 0 spiro atoms. The molecule has 2 heterocycles. The number of benzene rings is 2. The third-order valence-electron chi connectivity index (χ3n) is 4.84. The lowest BCUT2D eigenvalue weighted by Gasteiger charge is -2.26. The third kappa shape index (κ3) is 3.89. The topological polar surface area (TPSA) is 58.1 Å². The van der Waals surface area contributed by atoms with Crippen LogP contribution in [0.15, 0.2) is 55.0 Å². The van der Waals surface area contributed by atoms with E-state index in [0.29, 0.717) is 5.56 Å². The summed E-state index contributed by atoms with van der Waals surface area (Å²) in [6, 6.07) is 13.5. The van der Waals surface area contributed by atoms with Gasteiger partial charge in [0.15, 0.2) is 0 Å². The summed E-state index contributed by atoms with van der Waals surface area (Å²) in [6.45, 7) is 3.31. The Labute approximate surface area is 153 Å². The Morgan fingerprint density at radius 3 is 2.65 bits per heavy atom. The molecule has 0 aliphatic carbocycles. The molecule has 1 saturated heterocycles. The summed E-state index contributed by atoms with van der Waals surface area (Å²) < 4.78 is 0. The van der Waals surface area contributed by atoms with Gasteiger partial charge in [0.2, 0.25) is 0 Å². The lowest BCUT2D eigenvalue weighted by molar-refractivity contribution is 0.102. The van der Waals surface area contributed by atoms with E-state index < -0.39 is 0 Å². The molecule has 3 aromatic rings. The predicted molar refractivity (Wildman–Crippen MR) is 103 cm³/mol. The fourth-order valence-corrected chi connectivity index (χ4v) is 3.39. The first-order chi connectivity index (χ1) is 12.8. The molecule has 0 saturated carbocycles. The van der Waals surface area contributed by atoms with Crippen LogP contribution in [0.25, 0.3) is 10.9 Å². The minimum Gasteiger partial charge on any atom is -0.322 e. The summed E-state index contributed by atoms with van der Waals surface area (Å²) in [5.41, 5.74) is 3.47. The molecule has 2 aromatic carbocycles. The molecule has 5 heteroatoms. The number of nitrogens with zero attached hydrogens (tertiary/aromatic N) is 3. The number of carbonyl (C=O) groups excluding carboxylic acids is 1. The molecule has 0 atom stereocenters. The Morgan fingerprint density at radius 2 is 1.85 bits per heavy atom. The smallest absolute Gasteiger partial charge is 0.255 e. The van der Waals surface area contributed by atoms with Gasteiger partial charge in [-0.05, 0) is 61.8 Å². The van der Waals surface area contributed by atoms with Crippen molar-refractivity contribution in [1.29, 1.82) is 0 Å². The fraction of sp³-hybridized carbons (Fsp3) is 0.286. The molecule has 1 amide bonds. The van der Waals surface area contributed by atoms with Crippen LogP contribution < -0.4 is 5.32 Å². The Bertz CT molecular complexity index is 901. The van der Waals surface area contributed by atoms with E-state index in [0.717, 1.165) is 23.1 Å². The number of fused-ring (bicyclic) bond motifs is 1. The molecular weight excluding hydrogens is 324 g/mol. The van der Waals surface area contributed by atoms with Gasteiger partial charge < -0.3 is 5.32 Å². The van der Waals surface area contributed by atoms with Crippen molar-refractivity contribution >= 4 is 22.5 Å². The first-order valence-corrected chi connectivity index (χ1v) is 9.10. The van der Waals surface area contributed by atoms with Gasteiger partial charge in [-0.25, -0.2) is 9.97 Å². The number of amides is 1. The van der Waals surface area contributed by atoms with Crippen molar-refractivity contribution in [1.82, 2.24) is 14.9 Å². The number of carbonyl (C=O) groups is 1. The maximum atomic E-state index is 12.5. The molecule has 1 N–H and O–H groups in total. The van der Waals surface area contributed by atoms with Crippen molar-refractivity contribution in [3.63, 3.8) is 0 Å². The van der Waals surface area contributed by atoms with Gasteiger partial charge in [-0.1, -0.05) is 18.6 Å². The van der Waals surface area contributed by atoms with Gasteiger partial charge >= 0.3 is 0 Å². The number of piperidine rings is 1. The maximum absolute atomic E-state index is 12.5. The average molecular weight is 346 g/mol. The van der Waals surface area contributed by atoms with Crippen molar-refractivity contribution in [3.8, 4) is 0 Å². The van der Waals surface area contributed by atoms with Gasteiger partial charge in [-0.2, -0.15) is 0 Å². The number of likely N-dealkylation sites (tertiary alicyclic amines) is 1. The fourth-order valence-electron chi connectivity index (χ4n) is 3.39. The number of hydrogen-bond donors (Lipinski definition) is 1. The highest BCUT2D eigenvalue weighted by molar-refractivity contribution is 6.05. The van der Waals surface area contributed by atoms with Gasteiger partial charge in [-0.15, -0.1) is 0 Å². The average Bonchev–Trinajstić information content (AvgIpc) is 2.69. The zero-order valence-corrected chi connectivity index (χ0v) is 14.7. The van der Waals surface area contributed by atoms with Crippen LogP contribution in [0.4, 0.5) is 5.69 Å². The summed E-state index contributed by atoms with van der Waals surface area (Å²) in [4.78, 5) is 23.2. The molecule has 0 bridgehead atoms. The quantitative estimate of drug-likeness (QED) is 0.779. The van der Waals surface area contributed by atoms with Gasteiger partial charge in [0.25, 0.3) is 5.91 Å². The lowest BCUT2D eigenvalue weighted by Crippen LogP contribution is -2.29. The number of hydrogen-bond acceptors (Lipinski definition) is 4. The van der Waals surface area contributed by atoms with E-state index in [4.69, 9.17) is 0 Å². The first kappa shape index (κ1) is 16.7. The van der Waals surface area contributed by atoms with Crippen molar-refractivity contribution in [2.75, 3.05) is 18.4 Å². The SMILES string of the molecule is O=C(Nc1ccc2cncnc2c1)c1ccc(CN2CCCCC2)cc1. The number of rotatable bonds is 4. The normalized spacial score (nSPS) is 15.1. The summed E-state index contributed by atoms with van der Waals surface area (Å²) >= 11 is 0. The van der Waals surface area contributed by atoms with E-state index in [1.165, 1.54) is 44.2 Å². The molecule has 4 rings (SSSR count). The maximum Gasteiger partial charge on any atom is 0.255 e. The highest BCUT2D eigenvalue weighted by Crippen LogP contribution is 2.18. The third-order valence-corrected chi connectivity index (χ3v) is 4.84. The summed E-state index contributed by atoms with van der Waals surface area (Å²) in [7, 11) is 0. The van der Waals surface area contributed by atoms with Crippen molar-refractivity contribution in [2.45, 2.75) is 25.8 Å². The predicted octanol–water partition coefficient (Wildman–Crippen LogP) is 3.87. The number of nitrogens with one attached hydrogen (secondary N) is 1. The largest absolute Gasteiger partial charge is 0.322 e. The van der Waals surface area contributed by atoms with Crippen LogP contribution in [0.3, 0.4) is 0 Å². The summed E-state index contributed by atoms with van der Waals surface area (Å²) in [5, 5.41) is 3.89. The standard InChI is InChI=1S/C21H22N4O/c26-21(24-19-9-8-18-13-22-15-23-20(18)12-19)17-6-4-16(5-7-17)14-25-10-2-1-3-11-25/h4-9,12-13,15H,1-3,10-11,14H2,(H,24,26). The Hall–Kier alpha value is -2.79. The lowest BCUT2D eigenvalue weighted by atomic mass is 10.1. The first-order valence-electron chi connectivity index (χ1n) is 9.10. The molecule has 132 valence electrons. The van der Waals surface area contributed by atoms with Gasteiger partial charge in [-0.3, -0.25) is 9.69 Å². The molecule has 1 aliphatic rings. The van der Waals surface area contributed by atoms with Crippen LogP contribution in [0.1, 0.15) is 35.2 Å². The summed E-state index contributed by atoms with van der Waals surface area (Å²) in [6.07, 6.45) is 7.19. The minimum atomic E-state index is -0.108. The van der Waals surface area contributed by atoms with E-state index in [1.807, 2.05) is 30.3 Å². The molecule has 0 unspecified atom stereocenters. The van der Waals surface area contributed by atoms with Crippen LogP contribution in [0, 0.1) is 0 Å². The highest BCUT2D eigenvalue weighted by atomic mass is 16.1. The van der Waals surface area contributed by atoms with Gasteiger partial charge in [0, 0.05) is 29.4 Å². The van der Waals surface area contributed by atoms with Crippen LogP contribution >= 0.6 is 0 Å². The van der Waals surface area contributed by atoms with Crippen molar-refractivity contribution in [3.05, 3.63) is 66.1 Å². The van der Waals surface area contributed by atoms with E-state index in [-0.39, 0.29) is 5.91 Å². The van der Waals surface area contributed by atoms with Crippen LogP contribution in [-0.4, -0.2) is 33.9 Å². The second-order valence-corrected chi connectivity index (χ2v) is 6.78. The second-order valence-electron chi connectivity index (χ2n) is 6.78. The molecule has 0 radical (unpaired) electrons.